The van der Waals surface area contributed by atoms with Gasteiger partial charge in [0.2, 0.25) is 0 Å². The van der Waals surface area contributed by atoms with E-state index in [1.807, 2.05) is 44.2 Å². The summed E-state index contributed by atoms with van der Waals surface area (Å²) in [6.07, 6.45) is 5.24. The summed E-state index contributed by atoms with van der Waals surface area (Å²) in [5.74, 6) is 4.01. The molecule has 2 rings (SSSR count). The normalized spacial score (nSPS) is 10.9. The standard InChI is InChI=1S/C20H23N3O2/c1-5-8-25-19-12-16(6-7-18(19)24-4)13-22-20(21)23-17-10-14(2)9-15(3)11-17/h1,6-7,9-12H,8,13H2,2-4H3,(H3,21,22,23). The van der Waals surface area contributed by atoms with Crippen LogP contribution in [-0.2, 0) is 6.54 Å². The van der Waals surface area contributed by atoms with Crippen molar-refractivity contribution < 1.29 is 9.47 Å². The first kappa shape index (κ1) is 18.2. The van der Waals surface area contributed by atoms with Gasteiger partial charge in [0.15, 0.2) is 17.5 Å². The first-order valence-electron chi connectivity index (χ1n) is 7.90. The predicted octanol–water partition coefficient (Wildman–Crippen LogP) is 3.25. The number of anilines is 1. The van der Waals surface area contributed by atoms with Crippen LogP contribution in [0.1, 0.15) is 16.7 Å². The van der Waals surface area contributed by atoms with Gasteiger partial charge in [-0.2, -0.15) is 0 Å². The van der Waals surface area contributed by atoms with Crippen LogP contribution in [0.15, 0.2) is 41.4 Å². The van der Waals surface area contributed by atoms with Crippen LogP contribution < -0.4 is 20.5 Å². The van der Waals surface area contributed by atoms with Crippen LogP contribution >= 0.6 is 0 Å². The molecule has 0 fully saturated rings. The molecule has 5 heteroatoms. The van der Waals surface area contributed by atoms with Gasteiger partial charge in [-0.05, 0) is 54.8 Å². The highest BCUT2D eigenvalue weighted by Crippen LogP contribution is 2.28. The molecule has 3 N–H and O–H groups in total. The molecule has 2 aromatic rings. The second kappa shape index (κ2) is 8.65. The van der Waals surface area contributed by atoms with Crippen molar-refractivity contribution in [3.05, 3.63) is 53.1 Å². The van der Waals surface area contributed by atoms with E-state index in [1.54, 1.807) is 7.11 Å². The van der Waals surface area contributed by atoms with Gasteiger partial charge in [0.05, 0.1) is 13.7 Å². The molecule has 0 amide bonds. The molecule has 0 saturated heterocycles. The summed E-state index contributed by atoms with van der Waals surface area (Å²) in [7, 11) is 1.58. The predicted molar refractivity (Wildman–Crippen MR) is 102 cm³/mol. The zero-order chi connectivity index (χ0) is 18.2. The highest BCUT2D eigenvalue weighted by molar-refractivity contribution is 5.92. The lowest BCUT2D eigenvalue weighted by molar-refractivity contribution is 0.330. The third kappa shape index (κ3) is 5.47. The third-order valence-electron chi connectivity index (χ3n) is 3.47. The van der Waals surface area contributed by atoms with E-state index in [9.17, 15) is 0 Å². The smallest absolute Gasteiger partial charge is 0.193 e. The Morgan fingerprint density at radius 3 is 2.52 bits per heavy atom. The minimum atomic E-state index is 0.180. The second-order valence-corrected chi connectivity index (χ2v) is 5.68. The van der Waals surface area contributed by atoms with E-state index >= 15 is 0 Å². The molecule has 0 bridgehead atoms. The second-order valence-electron chi connectivity index (χ2n) is 5.68. The zero-order valence-electron chi connectivity index (χ0n) is 14.8. The molecule has 0 heterocycles. The van der Waals surface area contributed by atoms with Gasteiger partial charge in [0.25, 0.3) is 0 Å². The summed E-state index contributed by atoms with van der Waals surface area (Å²) in [6.45, 7) is 4.68. The summed E-state index contributed by atoms with van der Waals surface area (Å²) in [5.41, 5.74) is 10.2. The maximum absolute atomic E-state index is 5.98. The van der Waals surface area contributed by atoms with E-state index < -0.39 is 0 Å². The Balaban J connectivity index is 2.08. The van der Waals surface area contributed by atoms with Crippen molar-refractivity contribution in [2.45, 2.75) is 20.4 Å². The van der Waals surface area contributed by atoms with E-state index in [2.05, 4.69) is 22.3 Å². The quantitative estimate of drug-likeness (QED) is 0.482. The van der Waals surface area contributed by atoms with Crippen molar-refractivity contribution >= 4 is 11.6 Å². The highest BCUT2D eigenvalue weighted by atomic mass is 16.5. The monoisotopic (exact) mass is 337 g/mol. The summed E-state index contributed by atoms with van der Waals surface area (Å²) < 4.78 is 10.7. The van der Waals surface area contributed by atoms with Gasteiger partial charge in [0, 0.05) is 5.69 Å². The fourth-order valence-corrected chi connectivity index (χ4v) is 2.46. The Hall–Kier alpha value is -3.13. The Labute approximate surface area is 148 Å². The average molecular weight is 337 g/mol. The molecule has 2 aromatic carbocycles. The van der Waals surface area contributed by atoms with Gasteiger partial charge in [-0.3, -0.25) is 0 Å². The summed E-state index contributed by atoms with van der Waals surface area (Å²) >= 11 is 0. The highest BCUT2D eigenvalue weighted by Gasteiger charge is 2.05. The van der Waals surface area contributed by atoms with Crippen LogP contribution in [0.2, 0.25) is 0 Å². The number of aliphatic imine (C=N–C) groups is 1. The number of methoxy groups -OCH3 is 1. The van der Waals surface area contributed by atoms with Crippen LogP contribution in [0, 0.1) is 26.2 Å². The number of nitrogens with one attached hydrogen (secondary N) is 1. The number of aryl methyl sites for hydroxylation is 2. The number of nitrogens with two attached hydrogens (primary N) is 1. The number of rotatable bonds is 6. The first-order valence-corrected chi connectivity index (χ1v) is 7.90. The van der Waals surface area contributed by atoms with Crippen molar-refractivity contribution in [3.8, 4) is 23.8 Å². The number of ether oxygens (including phenoxy) is 2. The van der Waals surface area contributed by atoms with Crippen molar-refractivity contribution in [1.29, 1.82) is 0 Å². The molecule has 0 aromatic heterocycles. The first-order chi connectivity index (χ1) is 12.0. The van der Waals surface area contributed by atoms with Crippen LogP contribution in [-0.4, -0.2) is 19.7 Å². The van der Waals surface area contributed by atoms with E-state index in [1.165, 1.54) is 11.1 Å². The minimum absolute atomic E-state index is 0.180. The van der Waals surface area contributed by atoms with Gasteiger partial charge >= 0.3 is 0 Å². The average Bonchev–Trinajstić information content (AvgIpc) is 2.57. The number of nitrogens with zero attached hydrogens (tertiary/aromatic N) is 1. The molecule has 0 saturated carbocycles. The topological polar surface area (TPSA) is 68.9 Å². The number of guanidine groups is 1. The van der Waals surface area contributed by atoms with Crippen molar-refractivity contribution in [2.24, 2.45) is 10.7 Å². The van der Waals surface area contributed by atoms with Gasteiger partial charge in [-0.15, -0.1) is 6.42 Å². The fraction of sp³-hybridized carbons (Fsp3) is 0.250. The maximum atomic E-state index is 5.98. The van der Waals surface area contributed by atoms with E-state index in [-0.39, 0.29) is 6.61 Å². The number of hydrogen-bond acceptors (Lipinski definition) is 3. The van der Waals surface area contributed by atoms with E-state index in [0.717, 1.165) is 11.3 Å². The van der Waals surface area contributed by atoms with Gasteiger partial charge < -0.3 is 20.5 Å². The molecular weight excluding hydrogens is 314 g/mol. The van der Waals surface area contributed by atoms with E-state index in [4.69, 9.17) is 21.6 Å². The molecule has 0 unspecified atom stereocenters. The van der Waals surface area contributed by atoms with Crippen molar-refractivity contribution in [2.75, 3.05) is 19.0 Å². The Kier molecular flexibility index (Phi) is 6.30. The molecule has 0 atom stereocenters. The van der Waals surface area contributed by atoms with Gasteiger partial charge in [-0.25, -0.2) is 4.99 Å². The fourth-order valence-electron chi connectivity index (χ4n) is 2.46. The molecule has 25 heavy (non-hydrogen) atoms. The Bertz CT molecular complexity index is 787. The molecule has 0 aliphatic rings. The largest absolute Gasteiger partial charge is 0.493 e. The Morgan fingerprint density at radius 2 is 1.88 bits per heavy atom. The number of benzene rings is 2. The van der Waals surface area contributed by atoms with Crippen LogP contribution in [0.25, 0.3) is 0 Å². The van der Waals surface area contributed by atoms with Crippen molar-refractivity contribution in [3.63, 3.8) is 0 Å². The van der Waals surface area contributed by atoms with Crippen LogP contribution in [0.4, 0.5) is 5.69 Å². The number of hydrogen-bond donors (Lipinski definition) is 2. The molecule has 0 radical (unpaired) electrons. The minimum Gasteiger partial charge on any atom is -0.493 e. The third-order valence-corrected chi connectivity index (χ3v) is 3.47. The molecule has 5 nitrogen and oxygen atoms in total. The maximum Gasteiger partial charge on any atom is 0.193 e. The lowest BCUT2D eigenvalue weighted by Gasteiger charge is -2.11. The van der Waals surface area contributed by atoms with Crippen LogP contribution in [0.5, 0.6) is 11.5 Å². The molecular formula is C20H23N3O2. The van der Waals surface area contributed by atoms with Crippen LogP contribution in [0.3, 0.4) is 0 Å². The molecule has 0 aliphatic carbocycles. The summed E-state index contributed by atoms with van der Waals surface area (Å²) in [4.78, 5) is 4.37. The number of terminal acetylenes is 1. The summed E-state index contributed by atoms with van der Waals surface area (Å²) in [5, 5.41) is 3.11. The lowest BCUT2D eigenvalue weighted by atomic mass is 10.1. The molecule has 0 aliphatic heterocycles. The Morgan fingerprint density at radius 1 is 1.16 bits per heavy atom. The zero-order valence-corrected chi connectivity index (χ0v) is 14.8. The van der Waals surface area contributed by atoms with Crippen molar-refractivity contribution in [1.82, 2.24) is 0 Å². The summed E-state index contributed by atoms with van der Waals surface area (Å²) in [6, 6.07) is 11.7. The molecule has 130 valence electrons. The lowest BCUT2D eigenvalue weighted by Crippen LogP contribution is -2.22. The SMILES string of the molecule is C#CCOc1cc(CN=C(N)Nc2cc(C)cc(C)c2)ccc1OC. The molecule has 0 spiro atoms. The van der Waals surface area contributed by atoms with Gasteiger partial charge in [-0.1, -0.05) is 18.1 Å². The van der Waals surface area contributed by atoms with E-state index in [0.29, 0.717) is 24.0 Å². The van der Waals surface area contributed by atoms with Gasteiger partial charge in [0.1, 0.15) is 6.61 Å².